The Morgan fingerprint density at radius 2 is 2.13 bits per heavy atom. The molecule has 0 aliphatic carbocycles. The number of tetrazole rings is 1. The van der Waals surface area contributed by atoms with E-state index in [4.69, 9.17) is 26.8 Å². The monoisotopic (exact) mass is 541 g/mol. The van der Waals surface area contributed by atoms with E-state index in [0.717, 1.165) is 5.56 Å². The predicted molar refractivity (Wildman–Crippen MR) is 136 cm³/mol. The highest BCUT2D eigenvalue weighted by atomic mass is 35.5. The number of nitrogens with zero attached hydrogens (tertiary/aromatic N) is 8. The number of amides is 1. The van der Waals surface area contributed by atoms with Gasteiger partial charge in [0.2, 0.25) is 0 Å². The van der Waals surface area contributed by atoms with Crippen LogP contribution in [-0.2, 0) is 9.47 Å². The second-order valence-electron chi connectivity index (χ2n) is 8.61. The summed E-state index contributed by atoms with van der Waals surface area (Å²) in [5.41, 5.74) is 8.17. The molecule has 5 rings (SSSR count). The first kappa shape index (κ1) is 25.5. The molecule has 1 aliphatic heterocycles. The molecule has 1 fully saturated rings. The van der Waals surface area contributed by atoms with Crippen molar-refractivity contribution in [2.24, 2.45) is 0 Å². The molecule has 1 saturated heterocycles. The maximum Gasteiger partial charge on any atom is 0.411 e. The van der Waals surface area contributed by atoms with E-state index < -0.39 is 12.0 Å². The molecule has 1 aromatic carbocycles. The van der Waals surface area contributed by atoms with Crippen LogP contribution in [0.3, 0.4) is 0 Å². The highest BCUT2D eigenvalue weighted by Crippen LogP contribution is 2.33. The number of nitrogen functional groups attached to an aromatic ring is 1. The van der Waals surface area contributed by atoms with Gasteiger partial charge in [0, 0.05) is 43.6 Å². The van der Waals surface area contributed by atoms with Gasteiger partial charge in [0.1, 0.15) is 17.7 Å². The molecule has 198 valence electrons. The van der Waals surface area contributed by atoms with Crippen LogP contribution < -0.4 is 5.73 Å². The molecule has 2 atom stereocenters. The molecule has 14 heteroatoms. The minimum Gasteiger partial charge on any atom is -0.450 e. The molecule has 2 unspecified atom stereocenters. The van der Waals surface area contributed by atoms with Crippen molar-refractivity contribution >= 4 is 23.5 Å². The Hall–Kier alpha value is -4.10. The van der Waals surface area contributed by atoms with E-state index in [-0.39, 0.29) is 34.5 Å². The van der Waals surface area contributed by atoms with Crippen LogP contribution in [0, 0.1) is 5.82 Å². The van der Waals surface area contributed by atoms with Gasteiger partial charge in [-0.25, -0.2) is 14.2 Å². The minimum absolute atomic E-state index is 0.0127. The van der Waals surface area contributed by atoms with Gasteiger partial charge < -0.3 is 15.2 Å². The molecule has 1 aliphatic rings. The van der Waals surface area contributed by atoms with E-state index in [0.29, 0.717) is 37.1 Å². The molecule has 0 radical (unpaired) electrons. The van der Waals surface area contributed by atoms with Crippen molar-refractivity contribution in [1.82, 2.24) is 39.9 Å². The summed E-state index contributed by atoms with van der Waals surface area (Å²) in [4.78, 5) is 18.2. The molecule has 4 heterocycles. The predicted octanol–water partition coefficient (Wildman–Crippen LogP) is 3.73. The molecule has 0 bridgehead atoms. The van der Waals surface area contributed by atoms with Crippen LogP contribution in [0.2, 0.25) is 5.02 Å². The molecular formula is C24H25ClFN9O3. The van der Waals surface area contributed by atoms with Crippen molar-refractivity contribution in [2.45, 2.75) is 32.0 Å². The highest BCUT2D eigenvalue weighted by molar-refractivity contribution is 6.30. The van der Waals surface area contributed by atoms with Crippen LogP contribution >= 0.6 is 11.6 Å². The zero-order valence-electron chi connectivity index (χ0n) is 20.7. The summed E-state index contributed by atoms with van der Waals surface area (Å²) in [5.74, 6) is -0.274. The quantitative estimate of drug-likeness (QED) is 0.386. The number of carbonyl (C=O) groups excluding carboxylic acids is 1. The topological polar surface area (TPSA) is 139 Å². The summed E-state index contributed by atoms with van der Waals surface area (Å²) in [7, 11) is 1.57. The standard InChI is InChI=1S/C24H25ClFN9O3/c1-3-38-24(36)33-8-7-16(10-20(33)37-2)34-13-15(12-29-34)14-9-17(22(27)28-11-14)23-30-31-32-35(23)19-6-4-5-18(25)21(19)26/h4-6,9,11-13,16,20H,3,7-8,10H2,1-2H3,(H2,27,28). The second kappa shape index (κ2) is 10.7. The molecule has 1 amide bonds. The van der Waals surface area contributed by atoms with Gasteiger partial charge in [-0.2, -0.15) is 9.78 Å². The Morgan fingerprint density at radius 3 is 2.92 bits per heavy atom. The minimum atomic E-state index is -0.657. The second-order valence-corrected chi connectivity index (χ2v) is 9.02. The average Bonchev–Trinajstić information content (AvgIpc) is 3.61. The number of hydrogen-bond acceptors (Lipinski definition) is 9. The third-order valence-electron chi connectivity index (χ3n) is 6.40. The number of nitrogens with two attached hydrogens (primary N) is 1. The Kier molecular flexibility index (Phi) is 7.20. The number of rotatable bonds is 6. The van der Waals surface area contributed by atoms with E-state index >= 15 is 0 Å². The lowest BCUT2D eigenvalue weighted by molar-refractivity contribution is -0.0613. The first-order chi connectivity index (χ1) is 18.4. The Morgan fingerprint density at radius 1 is 1.29 bits per heavy atom. The molecule has 4 aromatic rings. The molecule has 2 N–H and O–H groups in total. The SMILES string of the molecule is CCOC(=O)N1CCC(n2cc(-c3cnc(N)c(-c4nnnn4-c4cccc(Cl)c4F)c3)cn2)CC1OC. The maximum atomic E-state index is 14.7. The Balaban J connectivity index is 1.41. The van der Waals surface area contributed by atoms with Crippen LogP contribution in [0.4, 0.5) is 15.0 Å². The lowest BCUT2D eigenvalue weighted by Crippen LogP contribution is -2.47. The number of carbonyl (C=O) groups is 1. The Bertz CT molecular complexity index is 1460. The van der Waals surface area contributed by atoms with E-state index in [1.807, 2.05) is 10.9 Å². The molecule has 38 heavy (non-hydrogen) atoms. The number of anilines is 1. The normalized spacial score (nSPS) is 17.5. The molecule has 0 saturated carbocycles. The largest absolute Gasteiger partial charge is 0.450 e. The molecule has 0 spiro atoms. The van der Waals surface area contributed by atoms with Crippen LogP contribution in [0.25, 0.3) is 28.2 Å². The van der Waals surface area contributed by atoms with Gasteiger partial charge in [-0.1, -0.05) is 17.7 Å². The van der Waals surface area contributed by atoms with Crippen molar-refractivity contribution < 1.29 is 18.7 Å². The summed E-state index contributed by atoms with van der Waals surface area (Å²) >= 11 is 5.95. The number of piperidine rings is 1. The van der Waals surface area contributed by atoms with Crippen molar-refractivity contribution in [3.8, 4) is 28.2 Å². The van der Waals surface area contributed by atoms with Crippen molar-refractivity contribution in [3.63, 3.8) is 0 Å². The number of benzene rings is 1. The number of halogens is 2. The summed E-state index contributed by atoms with van der Waals surface area (Å²) in [6.45, 7) is 2.55. The van der Waals surface area contributed by atoms with Crippen molar-refractivity contribution in [2.75, 3.05) is 26.0 Å². The average molecular weight is 542 g/mol. The highest BCUT2D eigenvalue weighted by Gasteiger charge is 2.33. The van der Waals surface area contributed by atoms with Crippen LogP contribution in [0.15, 0.2) is 42.9 Å². The first-order valence-corrected chi connectivity index (χ1v) is 12.3. The van der Waals surface area contributed by atoms with Gasteiger partial charge in [0.05, 0.1) is 29.4 Å². The molecular weight excluding hydrogens is 517 g/mol. The van der Waals surface area contributed by atoms with Crippen LogP contribution in [0.5, 0.6) is 0 Å². The Labute approximate surface area is 222 Å². The summed E-state index contributed by atoms with van der Waals surface area (Å²) in [5, 5.41) is 16.2. The smallest absolute Gasteiger partial charge is 0.411 e. The third kappa shape index (κ3) is 4.77. The van der Waals surface area contributed by atoms with E-state index in [1.165, 1.54) is 16.8 Å². The number of methoxy groups -OCH3 is 1. The zero-order chi connectivity index (χ0) is 26.8. The van der Waals surface area contributed by atoms with Gasteiger partial charge in [-0.3, -0.25) is 9.58 Å². The van der Waals surface area contributed by atoms with Crippen molar-refractivity contribution in [3.05, 3.63) is 53.7 Å². The van der Waals surface area contributed by atoms with Crippen LogP contribution in [-0.4, -0.2) is 72.5 Å². The van der Waals surface area contributed by atoms with E-state index in [1.54, 1.807) is 43.5 Å². The lowest BCUT2D eigenvalue weighted by Gasteiger charge is -2.37. The number of pyridine rings is 1. The van der Waals surface area contributed by atoms with Crippen molar-refractivity contribution in [1.29, 1.82) is 0 Å². The van der Waals surface area contributed by atoms with Crippen LogP contribution in [0.1, 0.15) is 25.8 Å². The number of aromatic nitrogens is 7. The van der Waals surface area contributed by atoms with Gasteiger partial charge in [-0.05, 0) is 42.0 Å². The van der Waals surface area contributed by atoms with Gasteiger partial charge >= 0.3 is 6.09 Å². The number of ether oxygens (including phenoxy) is 2. The zero-order valence-corrected chi connectivity index (χ0v) is 21.4. The third-order valence-corrected chi connectivity index (χ3v) is 6.69. The molecule has 3 aromatic heterocycles. The summed E-state index contributed by atoms with van der Waals surface area (Å²) in [6.07, 6.45) is 5.67. The first-order valence-electron chi connectivity index (χ1n) is 11.9. The van der Waals surface area contributed by atoms with Gasteiger partial charge in [0.25, 0.3) is 0 Å². The fourth-order valence-corrected chi connectivity index (χ4v) is 4.63. The summed E-state index contributed by atoms with van der Waals surface area (Å²) in [6, 6.07) is 6.34. The number of hydrogen-bond donors (Lipinski definition) is 1. The van der Waals surface area contributed by atoms with E-state index in [2.05, 4.69) is 25.6 Å². The van der Waals surface area contributed by atoms with Gasteiger partial charge in [-0.15, -0.1) is 5.10 Å². The number of likely N-dealkylation sites (tertiary alicyclic amines) is 1. The van der Waals surface area contributed by atoms with E-state index in [9.17, 15) is 9.18 Å². The lowest BCUT2D eigenvalue weighted by atomic mass is 10.0. The fourth-order valence-electron chi connectivity index (χ4n) is 4.46. The summed E-state index contributed by atoms with van der Waals surface area (Å²) < 4.78 is 28.5. The fraction of sp³-hybridized carbons (Fsp3) is 0.333. The van der Waals surface area contributed by atoms with Gasteiger partial charge in [0.15, 0.2) is 11.6 Å². The molecule has 12 nitrogen and oxygen atoms in total. The maximum absolute atomic E-state index is 14.7.